The van der Waals surface area contributed by atoms with Crippen molar-refractivity contribution in [3.05, 3.63) is 29.3 Å². The van der Waals surface area contributed by atoms with Gasteiger partial charge >= 0.3 is 0 Å². The van der Waals surface area contributed by atoms with Crippen LogP contribution >= 0.6 is 11.6 Å². The summed E-state index contributed by atoms with van der Waals surface area (Å²) in [6, 6.07) is 7.46. The lowest BCUT2D eigenvalue weighted by molar-refractivity contribution is 0.208. The number of nitrogens with zero attached hydrogens (tertiary/aromatic N) is 1. The van der Waals surface area contributed by atoms with Gasteiger partial charge in [-0.2, -0.15) is 0 Å². The summed E-state index contributed by atoms with van der Waals surface area (Å²) in [5.41, 5.74) is 0. The molecule has 0 bridgehead atoms. The van der Waals surface area contributed by atoms with Gasteiger partial charge < -0.3 is 4.74 Å². The monoisotopic (exact) mass is 237 g/mol. The van der Waals surface area contributed by atoms with Crippen LogP contribution in [-0.4, -0.2) is 18.2 Å². The summed E-state index contributed by atoms with van der Waals surface area (Å²) in [6.45, 7) is 0. The van der Waals surface area contributed by atoms with Crippen LogP contribution in [0.3, 0.4) is 0 Å². The number of hydrogen-bond donors (Lipinski definition) is 0. The van der Waals surface area contributed by atoms with Crippen LogP contribution in [0.2, 0.25) is 5.02 Å². The van der Waals surface area contributed by atoms with E-state index in [1.807, 2.05) is 18.2 Å². The first-order valence-electron chi connectivity index (χ1n) is 5.28. The highest BCUT2D eigenvalue weighted by Gasteiger charge is 2.26. The van der Waals surface area contributed by atoms with Crippen LogP contribution in [0.25, 0.3) is 0 Å². The number of isocyanates is 1. The predicted octanol–water partition coefficient (Wildman–Crippen LogP) is 2.98. The fourth-order valence-corrected chi connectivity index (χ4v) is 2.12. The van der Waals surface area contributed by atoms with Crippen molar-refractivity contribution in [1.29, 1.82) is 0 Å². The minimum atomic E-state index is 0.0602. The average molecular weight is 238 g/mol. The van der Waals surface area contributed by atoms with Crippen molar-refractivity contribution in [3.63, 3.8) is 0 Å². The van der Waals surface area contributed by atoms with Gasteiger partial charge in [0, 0.05) is 6.42 Å². The molecule has 0 spiro atoms. The van der Waals surface area contributed by atoms with Crippen LogP contribution in [-0.2, 0) is 4.79 Å². The van der Waals surface area contributed by atoms with Crippen molar-refractivity contribution in [2.45, 2.75) is 31.4 Å². The molecule has 1 aromatic carbocycles. The summed E-state index contributed by atoms with van der Waals surface area (Å²) in [4.78, 5) is 13.8. The second-order valence-electron chi connectivity index (χ2n) is 3.86. The Morgan fingerprint density at radius 1 is 1.38 bits per heavy atom. The van der Waals surface area contributed by atoms with E-state index in [0.29, 0.717) is 10.8 Å². The predicted molar refractivity (Wildman–Crippen MR) is 61.6 cm³/mol. The van der Waals surface area contributed by atoms with E-state index in [1.165, 1.54) is 0 Å². The van der Waals surface area contributed by atoms with Gasteiger partial charge in [-0.3, -0.25) is 0 Å². The fraction of sp³-hybridized carbons (Fsp3) is 0.417. The van der Waals surface area contributed by atoms with Crippen molar-refractivity contribution in [3.8, 4) is 5.75 Å². The third-order valence-electron chi connectivity index (χ3n) is 2.72. The molecule has 0 aliphatic heterocycles. The molecule has 1 fully saturated rings. The van der Waals surface area contributed by atoms with Gasteiger partial charge in [0.05, 0.1) is 11.1 Å². The van der Waals surface area contributed by atoms with Crippen molar-refractivity contribution >= 4 is 17.7 Å². The summed E-state index contributed by atoms with van der Waals surface area (Å²) in [6.07, 6.45) is 4.25. The van der Waals surface area contributed by atoms with E-state index in [0.717, 1.165) is 19.3 Å². The minimum absolute atomic E-state index is 0.0602. The van der Waals surface area contributed by atoms with Gasteiger partial charge in [0.2, 0.25) is 6.08 Å². The van der Waals surface area contributed by atoms with Gasteiger partial charge in [0.25, 0.3) is 0 Å². The van der Waals surface area contributed by atoms with E-state index in [9.17, 15) is 4.79 Å². The Bertz CT molecular complexity index is 415. The first kappa shape index (κ1) is 11.2. The number of carbonyl (C=O) groups excluding carboxylic acids is 1. The average Bonchev–Trinajstić information content (AvgIpc) is 2.70. The largest absolute Gasteiger partial charge is 0.489 e. The minimum Gasteiger partial charge on any atom is -0.489 e. The SMILES string of the molecule is O=C=NC1CCC(Oc2ccccc2Cl)C1. The van der Waals surface area contributed by atoms with E-state index in [4.69, 9.17) is 16.3 Å². The Morgan fingerprint density at radius 2 is 2.19 bits per heavy atom. The van der Waals surface area contributed by atoms with Crippen molar-refractivity contribution in [2.75, 3.05) is 0 Å². The second kappa shape index (κ2) is 5.15. The molecule has 1 aliphatic rings. The Labute approximate surface area is 99.1 Å². The normalized spacial score (nSPS) is 23.8. The molecule has 84 valence electrons. The molecular formula is C12H12ClNO2. The first-order chi connectivity index (χ1) is 7.79. The van der Waals surface area contributed by atoms with Gasteiger partial charge in [-0.1, -0.05) is 23.7 Å². The van der Waals surface area contributed by atoms with Gasteiger partial charge in [0.15, 0.2) is 0 Å². The number of para-hydroxylation sites is 1. The van der Waals surface area contributed by atoms with Gasteiger partial charge in [-0.05, 0) is 25.0 Å². The molecule has 0 saturated heterocycles. The summed E-state index contributed by atoms with van der Waals surface area (Å²) in [5, 5.41) is 0.616. The molecule has 2 unspecified atom stereocenters. The fourth-order valence-electron chi connectivity index (χ4n) is 1.94. The molecule has 1 aromatic rings. The molecule has 0 N–H and O–H groups in total. The highest BCUT2D eigenvalue weighted by atomic mass is 35.5. The lowest BCUT2D eigenvalue weighted by atomic mass is 10.2. The van der Waals surface area contributed by atoms with Crippen LogP contribution in [0.1, 0.15) is 19.3 Å². The standard InChI is InChI=1S/C12H12ClNO2/c13-11-3-1-2-4-12(11)16-10-6-5-9(7-10)14-8-15/h1-4,9-10H,5-7H2. The number of rotatable bonds is 3. The molecule has 1 saturated carbocycles. The van der Waals surface area contributed by atoms with Crippen LogP contribution < -0.4 is 4.74 Å². The highest BCUT2D eigenvalue weighted by molar-refractivity contribution is 6.32. The second-order valence-corrected chi connectivity index (χ2v) is 4.26. The summed E-state index contributed by atoms with van der Waals surface area (Å²) in [7, 11) is 0. The van der Waals surface area contributed by atoms with Crippen LogP contribution in [0.4, 0.5) is 0 Å². The smallest absolute Gasteiger partial charge is 0.235 e. The molecule has 16 heavy (non-hydrogen) atoms. The van der Waals surface area contributed by atoms with Gasteiger partial charge in [-0.25, -0.2) is 9.79 Å². The summed E-state index contributed by atoms with van der Waals surface area (Å²) >= 11 is 5.99. The molecule has 2 rings (SSSR count). The quantitative estimate of drug-likeness (QED) is 0.599. The van der Waals surface area contributed by atoms with Gasteiger partial charge in [0.1, 0.15) is 11.9 Å². The zero-order valence-corrected chi connectivity index (χ0v) is 9.48. The maximum absolute atomic E-state index is 10.1. The number of benzene rings is 1. The highest BCUT2D eigenvalue weighted by Crippen LogP contribution is 2.30. The number of aliphatic imine (C=N–C) groups is 1. The maximum Gasteiger partial charge on any atom is 0.235 e. The molecule has 0 amide bonds. The summed E-state index contributed by atoms with van der Waals surface area (Å²) < 4.78 is 5.76. The zero-order chi connectivity index (χ0) is 11.4. The lowest BCUT2D eigenvalue weighted by Crippen LogP contribution is -2.13. The third-order valence-corrected chi connectivity index (χ3v) is 3.03. The number of ether oxygens (including phenoxy) is 1. The topological polar surface area (TPSA) is 38.7 Å². The Morgan fingerprint density at radius 3 is 2.94 bits per heavy atom. The molecule has 0 radical (unpaired) electrons. The van der Waals surface area contributed by atoms with Crippen molar-refractivity contribution in [1.82, 2.24) is 0 Å². The maximum atomic E-state index is 10.1. The molecule has 0 aromatic heterocycles. The first-order valence-corrected chi connectivity index (χ1v) is 5.65. The van der Waals surface area contributed by atoms with E-state index in [1.54, 1.807) is 12.1 Å². The number of hydrogen-bond acceptors (Lipinski definition) is 3. The zero-order valence-electron chi connectivity index (χ0n) is 8.73. The Kier molecular flexibility index (Phi) is 3.60. The van der Waals surface area contributed by atoms with E-state index >= 15 is 0 Å². The van der Waals surface area contributed by atoms with Crippen molar-refractivity contribution in [2.24, 2.45) is 4.99 Å². The molecule has 2 atom stereocenters. The summed E-state index contributed by atoms with van der Waals surface area (Å²) in [5.74, 6) is 0.699. The Balaban J connectivity index is 1.97. The molecule has 3 nitrogen and oxygen atoms in total. The Hall–Kier alpha value is -1.31. The van der Waals surface area contributed by atoms with Gasteiger partial charge in [-0.15, -0.1) is 0 Å². The van der Waals surface area contributed by atoms with E-state index in [2.05, 4.69) is 4.99 Å². The lowest BCUT2D eigenvalue weighted by Gasteiger charge is -2.13. The molecule has 1 aliphatic carbocycles. The van der Waals surface area contributed by atoms with E-state index in [-0.39, 0.29) is 12.1 Å². The van der Waals surface area contributed by atoms with Crippen LogP contribution in [0, 0.1) is 0 Å². The van der Waals surface area contributed by atoms with E-state index < -0.39 is 0 Å². The number of halogens is 1. The molecular weight excluding hydrogens is 226 g/mol. The van der Waals surface area contributed by atoms with Crippen molar-refractivity contribution < 1.29 is 9.53 Å². The molecule has 4 heteroatoms. The van der Waals surface area contributed by atoms with Crippen LogP contribution in [0.15, 0.2) is 29.3 Å². The third kappa shape index (κ3) is 2.63. The molecule has 0 heterocycles. The van der Waals surface area contributed by atoms with Crippen LogP contribution in [0.5, 0.6) is 5.75 Å².